The maximum Gasteiger partial charge on any atom is 0.330 e. The molecule has 3 N–H and O–H groups in total. The van der Waals surface area contributed by atoms with Crippen LogP contribution in [0.15, 0.2) is 21.9 Å². The van der Waals surface area contributed by atoms with Crippen molar-refractivity contribution in [3.8, 4) is 12.3 Å². The Morgan fingerprint density at radius 3 is 2.74 bits per heavy atom. The lowest BCUT2D eigenvalue weighted by Gasteiger charge is -2.25. The second-order valence-corrected chi connectivity index (χ2v) is 3.98. The van der Waals surface area contributed by atoms with E-state index >= 15 is 0 Å². The molecular weight excluding hydrogens is 252 g/mol. The van der Waals surface area contributed by atoms with Gasteiger partial charge in [0.1, 0.15) is 12.3 Å². The van der Waals surface area contributed by atoms with E-state index in [0.29, 0.717) is 0 Å². The van der Waals surface area contributed by atoms with E-state index in [-0.39, 0.29) is 6.42 Å². The van der Waals surface area contributed by atoms with Gasteiger partial charge in [-0.2, -0.15) is 0 Å². The summed E-state index contributed by atoms with van der Waals surface area (Å²) < 4.78 is 6.51. The molecule has 1 rings (SSSR count). The average molecular weight is 268 g/mol. The fourth-order valence-corrected chi connectivity index (χ4v) is 1.48. The molecule has 0 saturated carbocycles. The number of H-pyrrole nitrogens is 1. The predicted molar refractivity (Wildman–Crippen MR) is 67.4 cm³/mol. The highest BCUT2D eigenvalue weighted by molar-refractivity contribution is 4.91. The van der Waals surface area contributed by atoms with Crippen LogP contribution in [0, 0.1) is 12.3 Å². The lowest BCUT2D eigenvalue weighted by Crippen LogP contribution is -2.38. The van der Waals surface area contributed by atoms with E-state index < -0.39 is 36.3 Å². The highest BCUT2D eigenvalue weighted by Gasteiger charge is 2.21. The fourth-order valence-electron chi connectivity index (χ4n) is 1.48. The van der Waals surface area contributed by atoms with Gasteiger partial charge < -0.3 is 14.9 Å². The van der Waals surface area contributed by atoms with Gasteiger partial charge in [-0.15, -0.1) is 12.3 Å². The number of terminal acetylenes is 1. The molecule has 0 aliphatic rings. The molecule has 1 aromatic heterocycles. The number of rotatable bonds is 6. The summed E-state index contributed by atoms with van der Waals surface area (Å²) in [6.45, 7) is 1.03. The molecule has 0 radical (unpaired) electrons. The second-order valence-electron chi connectivity index (χ2n) is 3.98. The molecule has 3 atom stereocenters. The molecule has 7 nitrogen and oxygen atoms in total. The van der Waals surface area contributed by atoms with E-state index in [0.717, 1.165) is 10.6 Å². The topological polar surface area (TPSA) is 105 Å². The van der Waals surface area contributed by atoms with Gasteiger partial charge >= 0.3 is 5.69 Å². The van der Waals surface area contributed by atoms with Crippen LogP contribution >= 0.6 is 0 Å². The fraction of sp³-hybridized carbons (Fsp3) is 0.500. The summed E-state index contributed by atoms with van der Waals surface area (Å²) >= 11 is 0. The third-order valence-corrected chi connectivity index (χ3v) is 2.50. The number of aromatic nitrogens is 2. The van der Waals surface area contributed by atoms with Crippen LogP contribution in [0.5, 0.6) is 0 Å². The van der Waals surface area contributed by atoms with Crippen LogP contribution in [0.25, 0.3) is 0 Å². The van der Waals surface area contributed by atoms with Crippen molar-refractivity contribution in [1.29, 1.82) is 0 Å². The van der Waals surface area contributed by atoms with Crippen molar-refractivity contribution < 1.29 is 14.9 Å². The molecule has 0 aliphatic heterocycles. The lowest BCUT2D eigenvalue weighted by atomic mass is 10.2. The molecule has 104 valence electrons. The van der Waals surface area contributed by atoms with E-state index in [1.54, 1.807) is 0 Å². The van der Waals surface area contributed by atoms with E-state index in [2.05, 4.69) is 10.9 Å². The zero-order valence-corrected chi connectivity index (χ0v) is 10.4. The van der Waals surface area contributed by atoms with Crippen LogP contribution in [-0.2, 0) is 4.74 Å². The van der Waals surface area contributed by atoms with Crippen LogP contribution in [-0.4, -0.2) is 38.6 Å². The average Bonchev–Trinajstić information content (AvgIpc) is 2.34. The molecule has 0 saturated heterocycles. The van der Waals surface area contributed by atoms with Gasteiger partial charge in [0.2, 0.25) is 0 Å². The smallest absolute Gasteiger partial charge is 0.330 e. The van der Waals surface area contributed by atoms with Crippen molar-refractivity contribution in [3.05, 3.63) is 33.1 Å². The molecule has 1 aromatic rings. The maximum absolute atomic E-state index is 11.6. The van der Waals surface area contributed by atoms with E-state index in [1.807, 2.05) is 0 Å². The Balaban J connectivity index is 3.04. The van der Waals surface area contributed by atoms with Gasteiger partial charge in [-0.25, -0.2) is 4.79 Å². The Morgan fingerprint density at radius 1 is 1.58 bits per heavy atom. The molecule has 1 heterocycles. The first-order valence-electron chi connectivity index (χ1n) is 5.69. The summed E-state index contributed by atoms with van der Waals surface area (Å²) in [6, 6.07) is 1.16. The van der Waals surface area contributed by atoms with Crippen LogP contribution in [0.2, 0.25) is 0 Å². The highest BCUT2D eigenvalue weighted by atomic mass is 16.5. The van der Waals surface area contributed by atoms with Gasteiger partial charge in [0.05, 0.1) is 19.1 Å². The minimum Gasteiger partial charge on any atom is -0.394 e. The van der Waals surface area contributed by atoms with Gasteiger partial charge in [-0.3, -0.25) is 14.3 Å². The number of aromatic amines is 1. The largest absolute Gasteiger partial charge is 0.394 e. The number of aliphatic hydroxyl groups excluding tert-OH is 2. The Labute approximate surface area is 109 Å². The van der Waals surface area contributed by atoms with E-state index in [4.69, 9.17) is 16.3 Å². The van der Waals surface area contributed by atoms with Crippen LogP contribution in [0.1, 0.15) is 19.6 Å². The second kappa shape index (κ2) is 6.89. The summed E-state index contributed by atoms with van der Waals surface area (Å²) in [5.41, 5.74) is -1.20. The van der Waals surface area contributed by atoms with Crippen molar-refractivity contribution in [2.24, 2.45) is 0 Å². The summed E-state index contributed by atoms with van der Waals surface area (Å²) in [6.07, 6.45) is 3.82. The SMILES string of the molecule is C#CC[C@@H](O[C@H](CO)[C@H](C)O)n1ccc(=O)[nH]c1=O. The molecule has 0 fully saturated rings. The molecule has 0 bridgehead atoms. The Morgan fingerprint density at radius 2 is 2.26 bits per heavy atom. The molecular formula is C12H16N2O5. The van der Waals surface area contributed by atoms with Crippen molar-refractivity contribution in [2.45, 2.75) is 31.8 Å². The Bertz CT molecular complexity index is 554. The lowest BCUT2D eigenvalue weighted by molar-refractivity contribution is -0.118. The van der Waals surface area contributed by atoms with Crippen molar-refractivity contribution in [3.63, 3.8) is 0 Å². The zero-order valence-electron chi connectivity index (χ0n) is 10.4. The van der Waals surface area contributed by atoms with Crippen molar-refractivity contribution in [2.75, 3.05) is 6.61 Å². The summed E-state index contributed by atoms with van der Waals surface area (Å²) in [4.78, 5) is 24.7. The summed E-state index contributed by atoms with van der Waals surface area (Å²) in [7, 11) is 0. The number of nitrogens with zero attached hydrogens (tertiary/aromatic N) is 1. The molecule has 0 amide bonds. The molecule has 0 aliphatic carbocycles. The van der Waals surface area contributed by atoms with Gasteiger partial charge in [0, 0.05) is 12.3 Å². The van der Waals surface area contributed by atoms with Crippen molar-refractivity contribution >= 4 is 0 Å². The number of nitrogens with one attached hydrogen (secondary N) is 1. The number of hydrogen-bond acceptors (Lipinski definition) is 5. The normalized spacial score (nSPS) is 15.5. The molecule has 19 heavy (non-hydrogen) atoms. The Hall–Kier alpha value is -1.88. The summed E-state index contributed by atoms with van der Waals surface area (Å²) in [5, 5.41) is 18.5. The van der Waals surface area contributed by atoms with E-state index in [1.165, 1.54) is 13.1 Å². The van der Waals surface area contributed by atoms with Gasteiger partial charge in [-0.05, 0) is 6.92 Å². The summed E-state index contributed by atoms with van der Waals surface area (Å²) in [5.74, 6) is 2.34. The van der Waals surface area contributed by atoms with Crippen LogP contribution in [0.3, 0.4) is 0 Å². The molecule has 7 heteroatoms. The Kier molecular flexibility index (Phi) is 5.51. The first-order chi connectivity index (χ1) is 8.99. The predicted octanol–water partition coefficient (Wildman–Crippen LogP) is -1.18. The van der Waals surface area contributed by atoms with Gasteiger partial charge in [0.25, 0.3) is 5.56 Å². The van der Waals surface area contributed by atoms with Crippen LogP contribution < -0.4 is 11.2 Å². The first-order valence-corrected chi connectivity index (χ1v) is 5.69. The minimum atomic E-state index is -0.927. The molecule has 0 aromatic carbocycles. The van der Waals surface area contributed by atoms with Crippen LogP contribution in [0.4, 0.5) is 0 Å². The quantitative estimate of drug-likeness (QED) is 0.563. The first kappa shape index (κ1) is 15.2. The van der Waals surface area contributed by atoms with E-state index in [9.17, 15) is 14.7 Å². The number of aliphatic hydroxyl groups is 2. The number of hydrogen-bond donors (Lipinski definition) is 3. The third kappa shape index (κ3) is 4.06. The molecule has 0 unspecified atom stereocenters. The van der Waals surface area contributed by atoms with Gasteiger partial charge in [-0.1, -0.05) is 0 Å². The highest BCUT2D eigenvalue weighted by Crippen LogP contribution is 2.14. The standard InChI is InChI=1S/C12H16N2O5/c1-3-4-11(19-9(7-15)8(2)16)14-6-5-10(17)13-12(14)18/h1,5-6,8-9,11,15-16H,4,7H2,2H3,(H,13,17,18)/t8-,9+,11+/m0/s1. The zero-order chi connectivity index (χ0) is 14.4. The number of ether oxygens (including phenoxy) is 1. The monoisotopic (exact) mass is 268 g/mol. The van der Waals surface area contributed by atoms with Crippen molar-refractivity contribution in [1.82, 2.24) is 9.55 Å². The van der Waals surface area contributed by atoms with Gasteiger partial charge in [0.15, 0.2) is 0 Å². The third-order valence-electron chi connectivity index (χ3n) is 2.50. The molecule has 0 spiro atoms. The maximum atomic E-state index is 11.6. The minimum absolute atomic E-state index is 0.0508.